The molecule has 0 bridgehead atoms. The SMILES string of the molecule is CCCC(NC(=O)COc1ccc(C=O)cc1OC)c1ccccc1. The Bertz CT molecular complexity index is 700. The van der Waals surface area contributed by atoms with E-state index < -0.39 is 0 Å². The van der Waals surface area contributed by atoms with Crippen molar-refractivity contribution in [1.29, 1.82) is 0 Å². The summed E-state index contributed by atoms with van der Waals surface area (Å²) in [7, 11) is 1.49. The highest BCUT2D eigenvalue weighted by molar-refractivity contribution is 5.78. The number of nitrogens with one attached hydrogen (secondary N) is 1. The minimum Gasteiger partial charge on any atom is -0.493 e. The van der Waals surface area contributed by atoms with Gasteiger partial charge in [-0.2, -0.15) is 0 Å². The Morgan fingerprint density at radius 3 is 2.56 bits per heavy atom. The van der Waals surface area contributed by atoms with E-state index in [4.69, 9.17) is 9.47 Å². The van der Waals surface area contributed by atoms with E-state index in [1.54, 1.807) is 18.2 Å². The van der Waals surface area contributed by atoms with Gasteiger partial charge in [0, 0.05) is 5.56 Å². The Hall–Kier alpha value is -2.82. The lowest BCUT2D eigenvalue weighted by molar-refractivity contribution is -0.123. The van der Waals surface area contributed by atoms with Crippen LogP contribution in [0.1, 0.15) is 41.7 Å². The maximum Gasteiger partial charge on any atom is 0.258 e. The Morgan fingerprint density at radius 2 is 1.92 bits per heavy atom. The predicted molar refractivity (Wildman–Crippen MR) is 96.1 cm³/mol. The fraction of sp³-hybridized carbons (Fsp3) is 0.300. The van der Waals surface area contributed by atoms with Crippen molar-refractivity contribution >= 4 is 12.2 Å². The predicted octanol–water partition coefficient (Wildman–Crippen LogP) is 3.54. The van der Waals surface area contributed by atoms with Crippen molar-refractivity contribution in [3.8, 4) is 11.5 Å². The zero-order valence-corrected chi connectivity index (χ0v) is 14.5. The van der Waals surface area contributed by atoms with Crippen LogP contribution >= 0.6 is 0 Å². The molecule has 0 saturated carbocycles. The minimum absolute atomic E-state index is 0.0402. The lowest BCUT2D eigenvalue weighted by Gasteiger charge is -2.19. The molecule has 0 aliphatic carbocycles. The number of ether oxygens (including phenoxy) is 2. The number of carbonyl (C=O) groups excluding carboxylic acids is 2. The van der Waals surface area contributed by atoms with Gasteiger partial charge in [0.05, 0.1) is 13.2 Å². The molecule has 0 aliphatic heterocycles. The van der Waals surface area contributed by atoms with Crippen LogP contribution in [0.15, 0.2) is 48.5 Å². The summed E-state index contributed by atoms with van der Waals surface area (Å²) in [5.41, 5.74) is 1.56. The van der Waals surface area contributed by atoms with Crippen LogP contribution in [-0.2, 0) is 4.79 Å². The first-order valence-corrected chi connectivity index (χ1v) is 8.28. The molecule has 1 atom stereocenters. The second-order valence-corrected chi connectivity index (χ2v) is 5.64. The molecule has 0 aromatic heterocycles. The van der Waals surface area contributed by atoms with Crippen LogP contribution in [0.5, 0.6) is 11.5 Å². The smallest absolute Gasteiger partial charge is 0.258 e. The maximum atomic E-state index is 12.3. The molecule has 1 unspecified atom stereocenters. The molecule has 0 spiro atoms. The van der Waals surface area contributed by atoms with E-state index in [-0.39, 0.29) is 18.6 Å². The summed E-state index contributed by atoms with van der Waals surface area (Å²) >= 11 is 0. The van der Waals surface area contributed by atoms with Crippen LogP contribution < -0.4 is 14.8 Å². The summed E-state index contributed by atoms with van der Waals surface area (Å²) in [6.07, 6.45) is 2.54. The molecule has 0 fully saturated rings. The van der Waals surface area contributed by atoms with Gasteiger partial charge in [0.2, 0.25) is 0 Å². The zero-order chi connectivity index (χ0) is 18.1. The quantitative estimate of drug-likeness (QED) is 0.709. The lowest BCUT2D eigenvalue weighted by Crippen LogP contribution is -2.32. The van der Waals surface area contributed by atoms with E-state index in [2.05, 4.69) is 12.2 Å². The average molecular weight is 341 g/mol. The van der Waals surface area contributed by atoms with Gasteiger partial charge in [-0.05, 0) is 30.2 Å². The first-order chi connectivity index (χ1) is 12.2. The van der Waals surface area contributed by atoms with Gasteiger partial charge in [-0.25, -0.2) is 0 Å². The maximum absolute atomic E-state index is 12.3. The van der Waals surface area contributed by atoms with Crippen LogP contribution in [0.3, 0.4) is 0 Å². The average Bonchev–Trinajstić information content (AvgIpc) is 2.66. The van der Waals surface area contributed by atoms with Crippen LogP contribution in [0, 0.1) is 0 Å². The highest BCUT2D eigenvalue weighted by Gasteiger charge is 2.15. The summed E-state index contributed by atoms with van der Waals surface area (Å²) in [6.45, 7) is 1.96. The second kappa shape index (κ2) is 9.47. The largest absolute Gasteiger partial charge is 0.493 e. The molecule has 2 aromatic carbocycles. The molecule has 0 heterocycles. The van der Waals surface area contributed by atoms with Gasteiger partial charge in [0.25, 0.3) is 5.91 Å². The zero-order valence-electron chi connectivity index (χ0n) is 14.5. The fourth-order valence-electron chi connectivity index (χ4n) is 2.55. The molecule has 132 valence electrons. The third-order valence-electron chi connectivity index (χ3n) is 3.80. The Kier molecular flexibility index (Phi) is 7.01. The molecule has 5 heteroatoms. The van der Waals surface area contributed by atoms with Gasteiger partial charge < -0.3 is 14.8 Å². The first-order valence-electron chi connectivity index (χ1n) is 8.28. The fourth-order valence-corrected chi connectivity index (χ4v) is 2.55. The van der Waals surface area contributed by atoms with Crippen molar-refractivity contribution < 1.29 is 19.1 Å². The molecule has 1 N–H and O–H groups in total. The van der Waals surface area contributed by atoms with Crippen molar-refractivity contribution in [2.45, 2.75) is 25.8 Å². The Morgan fingerprint density at radius 1 is 1.16 bits per heavy atom. The number of methoxy groups -OCH3 is 1. The van der Waals surface area contributed by atoms with E-state index in [0.29, 0.717) is 17.1 Å². The van der Waals surface area contributed by atoms with Crippen molar-refractivity contribution in [1.82, 2.24) is 5.32 Å². The number of benzene rings is 2. The van der Waals surface area contributed by atoms with Gasteiger partial charge in [0.15, 0.2) is 18.1 Å². The lowest BCUT2D eigenvalue weighted by atomic mass is 10.0. The Labute approximate surface area is 148 Å². The van der Waals surface area contributed by atoms with E-state index in [0.717, 1.165) is 24.7 Å². The summed E-state index contributed by atoms with van der Waals surface area (Å²) < 4.78 is 10.7. The van der Waals surface area contributed by atoms with Gasteiger partial charge >= 0.3 is 0 Å². The number of carbonyl (C=O) groups is 2. The third kappa shape index (κ3) is 5.35. The van der Waals surface area contributed by atoms with Crippen molar-refractivity contribution in [2.24, 2.45) is 0 Å². The molecule has 1 amide bonds. The van der Waals surface area contributed by atoms with Crippen molar-refractivity contribution in [3.63, 3.8) is 0 Å². The monoisotopic (exact) mass is 341 g/mol. The topological polar surface area (TPSA) is 64.6 Å². The molecule has 0 saturated heterocycles. The summed E-state index contributed by atoms with van der Waals surface area (Å²) in [4.78, 5) is 23.1. The normalized spacial score (nSPS) is 11.4. The van der Waals surface area contributed by atoms with Gasteiger partial charge in [0.1, 0.15) is 6.29 Å². The van der Waals surface area contributed by atoms with Crippen LogP contribution in [0.4, 0.5) is 0 Å². The number of hydrogen-bond acceptors (Lipinski definition) is 4. The van der Waals surface area contributed by atoms with Crippen LogP contribution in [-0.4, -0.2) is 25.9 Å². The van der Waals surface area contributed by atoms with E-state index in [1.165, 1.54) is 7.11 Å². The number of rotatable bonds is 9. The molecule has 0 radical (unpaired) electrons. The van der Waals surface area contributed by atoms with Gasteiger partial charge in [-0.3, -0.25) is 9.59 Å². The molecular formula is C20H23NO4. The molecule has 0 aliphatic rings. The van der Waals surface area contributed by atoms with E-state index in [9.17, 15) is 9.59 Å². The van der Waals surface area contributed by atoms with Gasteiger partial charge in [-0.1, -0.05) is 43.7 Å². The highest BCUT2D eigenvalue weighted by atomic mass is 16.5. The van der Waals surface area contributed by atoms with Crippen molar-refractivity contribution in [3.05, 3.63) is 59.7 Å². The van der Waals surface area contributed by atoms with Crippen LogP contribution in [0.25, 0.3) is 0 Å². The number of aldehydes is 1. The molecule has 5 nitrogen and oxygen atoms in total. The third-order valence-corrected chi connectivity index (χ3v) is 3.80. The standard InChI is InChI=1S/C20H23NO4/c1-3-7-17(16-8-5-4-6-9-16)21-20(23)14-25-18-11-10-15(13-22)12-19(18)24-2/h4-6,8-13,17H,3,7,14H2,1-2H3,(H,21,23). The molecule has 2 rings (SSSR count). The number of hydrogen-bond donors (Lipinski definition) is 1. The summed E-state index contributed by atoms with van der Waals surface area (Å²) in [5, 5.41) is 3.00. The molecule has 25 heavy (non-hydrogen) atoms. The highest BCUT2D eigenvalue weighted by Crippen LogP contribution is 2.27. The minimum atomic E-state index is -0.205. The van der Waals surface area contributed by atoms with E-state index in [1.807, 2.05) is 30.3 Å². The van der Waals surface area contributed by atoms with Crippen molar-refractivity contribution in [2.75, 3.05) is 13.7 Å². The summed E-state index contributed by atoms with van der Waals surface area (Å²) in [5.74, 6) is 0.643. The first kappa shape index (κ1) is 18.5. The molecular weight excluding hydrogens is 318 g/mol. The second-order valence-electron chi connectivity index (χ2n) is 5.64. The summed E-state index contributed by atoms with van der Waals surface area (Å²) in [6, 6.07) is 14.6. The molecule has 2 aromatic rings. The van der Waals surface area contributed by atoms with Gasteiger partial charge in [-0.15, -0.1) is 0 Å². The number of amides is 1. The Balaban J connectivity index is 1.98. The van der Waals surface area contributed by atoms with E-state index >= 15 is 0 Å². The van der Waals surface area contributed by atoms with Crippen LogP contribution in [0.2, 0.25) is 0 Å².